The Morgan fingerprint density at radius 1 is 1.50 bits per heavy atom. The zero-order valence-electron chi connectivity index (χ0n) is 10.2. The average molecular weight is 228 g/mol. The molecule has 0 saturated carbocycles. The van der Waals surface area contributed by atoms with Gasteiger partial charge in [0, 0.05) is 33.1 Å². The van der Waals surface area contributed by atoms with Gasteiger partial charge in [-0.25, -0.2) is 4.39 Å². The van der Waals surface area contributed by atoms with Gasteiger partial charge in [0.05, 0.1) is 0 Å². The minimum atomic E-state index is -0.981. The molecule has 2 heterocycles. The first kappa shape index (κ1) is 11.8. The van der Waals surface area contributed by atoms with Gasteiger partial charge >= 0.3 is 0 Å². The number of nitrogens with zero attached hydrogens (tertiary/aromatic N) is 2. The second-order valence-electron chi connectivity index (χ2n) is 5.52. The fraction of sp³-hybridized carbons (Fsp3) is 0.917. The Bertz CT molecular complexity index is 274. The van der Waals surface area contributed by atoms with Crippen LogP contribution in [0.5, 0.6) is 0 Å². The number of hydrogen-bond acceptors (Lipinski definition) is 2. The highest BCUT2D eigenvalue weighted by Crippen LogP contribution is 2.26. The van der Waals surface area contributed by atoms with Crippen LogP contribution < -0.4 is 0 Å². The highest BCUT2D eigenvalue weighted by molar-refractivity contribution is 5.74. The summed E-state index contributed by atoms with van der Waals surface area (Å²) in [6, 6.07) is 0. The summed E-state index contributed by atoms with van der Waals surface area (Å²) in [5.74, 6) is 0.809. The van der Waals surface area contributed by atoms with Crippen LogP contribution in [0.15, 0.2) is 0 Å². The molecule has 2 saturated heterocycles. The minimum Gasteiger partial charge on any atom is -0.342 e. The van der Waals surface area contributed by atoms with Crippen molar-refractivity contribution in [2.45, 2.75) is 32.4 Å². The van der Waals surface area contributed by atoms with Crippen molar-refractivity contribution in [3.05, 3.63) is 0 Å². The van der Waals surface area contributed by atoms with Gasteiger partial charge in [0.1, 0.15) is 5.67 Å². The fourth-order valence-corrected chi connectivity index (χ4v) is 2.58. The van der Waals surface area contributed by atoms with E-state index in [0.717, 1.165) is 32.6 Å². The number of alkyl halides is 1. The highest BCUT2D eigenvalue weighted by Gasteiger charge is 2.34. The van der Waals surface area contributed by atoms with Crippen molar-refractivity contribution in [3.63, 3.8) is 0 Å². The van der Waals surface area contributed by atoms with E-state index < -0.39 is 5.67 Å². The lowest BCUT2D eigenvalue weighted by Gasteiger charge is -2.39. The Hall–Kier alpha value is -0.640. The van der Waals surface area contributed by atoms with Crippen molar-refractivity contribution in [3.8, 4) is 0 Å². The van der Waals surface area contributed by atoms with Crippen LogP contribution in [0.2, 0.25) is 0 Å². The summed E-state index contributed by atoms with van der Waals surface area (Å²) in [5.41, 5.74) is -0.981. The number of rotatable bonds is 3. The van der Waals surface area contributed by atoms with Gasteiger partial charge in [0.2, 0.25) is 5.91 Å². The summed E-state index contributed by atoms with van der Waals surface area (Å²) in [6.45, 7) is 7.55. The molecule has 1 atom stereocenters. The molecule has 2 aliphatic rings. The van der Waals surface area contributed by atoms with Crippen LogP contribution in [0.25, 0.3) is 0 Å². The summed E-state index contributed by atoms with van der Waals surface area (Å²) in [7, 11) is 0. The van der Waals surface area contributed by atoms with Crippen LogP contribution in [0.4, 0.5) is 4.39 Å². The van der Waals surface area contributed by atoms with Crippen molar-refractivity contribution >= 4 is 5.91 Å². The SMILES string of the molecule is CC(=O)N1CC(CCN2CCC(C)(F)C2)C1. The molecule has 0 aliphatic carbocycles. The third-order valence-electron chi connectivity index (χ3n) is 3.76. The van der Waals surface area contributed by atoms with Crippen LogP contribution in [0, 0.1) is 5.92 Å². The third kappa shape index (κ3) is 2.73. The van der Waals surface area contributed by atoms with E-state index in [4.69, 9.17) is 0 Å². The Balaban J connectivity index is 1.62. The number of carbonyl (C=O) groups is 1. The van der Waals surface area contributed by atoms with Gasteiger partial charge in [-0.3, -0.25) is 4.79 Å². The summed E-state index contributed by atoms with van der Waals surface area (Å²) >= 11 is 0. The first-order valence-corrected chi connectivity index (χ1v) is 6.13. The molecule has 0 spiro atoms. The number of carbonyl (C=O) groups excluding carboxylic acids is 1. The van der Waals surface area contributed by atoms with Crippen molar-refractivity contribution in [2.75, 3.05) is 32.7 Å². The Labute approximate surface area is 96.6 Å². The molecule has 3 nitrogen and oxygen atoms in total. The Morgan fingerprint density at radius 2 is 2.19 bits per heavy atom. The minimum absolute atomic E-state index is 0.175. The van der Waals surface area contributed by atoms with Crippen LogP contribution in [0.1, 0.15) is 26.7 Å². The van der Waals surface area contributed by atoms with Crippen molar-refractivity contribution < 1.29 is 9.18 Å². The highest BCUT2D eigenvalue weighted by atomic mass is 19.1. The van der Waals surface area contributed by atoms with E-state index in [0.29, 0.717) is 18.9 Å². The van der Waals surface area contributed by atoms with Gasteiger partial charge < -0.3 is 9.80 Å². The summed E-state index contributed by atoms with van der Waals surface area (Å²) in [4.78, 5) is 15.1. The quantitative estimate of drug-likeness (QED) is 0.726. The van der Waals surface area contributed by atoms with Gasteiger partial charge in [-0.05, 0) is 32.2 Å². The van der Waals surface area contributed by atoms with Gasteiger partial charge in [0.25, 0.3) is 0 Å². The van der Waals surface area contributed by atoms with Gasteiger partial charge in [-0.1, -0.05) is 0 Å². The molecule has 0 aromatic heterocycles. The lowest BCUT2D eigenvalue weighted by atomic mass is 9.96. The molecule has 0 N–H and O–H groups in total. The van der Waals surface area contributed by atoms with Crippen LogP contribution in [0.3, 0.4) is 0 Å². The lowest BCUT2D eigenvalue weighted by molar-refractivity contribution is -0.135. The predicted octanol–water partition coefficient (Wildman–Crippen LogP) is 1.29. The normalized spacial score (nSPS) is 31.8. The summed E-state index contributed by atoms with van der Waals surface area (Å²) < 4.78 is 13.6. The van der Waals surface area contributed by atoms with Crippen molar-refractivity contribution in [1.82, 2.24) is 9.80 Å². The third-order valence-corrected chi connectivity index (χ3v) is 3.76. The lowest BCUT2D eigenvalue weighted by Crippen LogP contribution is -2.49. The smallest absolute Gasteiger partial charge is 0.219 e. The molecule has 16 heavy (non-hydrogen) atoms. The largest absolute Gasteiger partial charge is 0.342 e. The Kier molecular flexibility index (Phi) is 3.19. The van der Waals surface area contributed by atoms with Crippen LogP contribution in [-0.2, 0) is 4.79 Å². The van der Waals surface area contributed by atoms with Crippen molar-refractivity contribution in [1.29, 1.82) is 0 Å². The molecule has 0 bridgehead atoms. The molecule has 2 fully saturated rings. The van der Waals surface area contributed by atoms with E-state index in [1.54, 1.807) is 13.8 Å². The standard InChI is InChI=1S/C12H21FN2O/c1-10(16)15-7-11(8-15)3-5-14-6-4-12(2,13)9-14/h11H,3-9H2,1-2H3. The predicted molar refractivity (Wildman–Crippen MR) is 60.9 cm³/mol. The van der Waals surface area contributed by atoms with Crippen molar-refractivity contribution in [2.24, 2.45) is 5.92 Å². The molecule has 2 rings (SSSR count). The first-order chi connectivity index (χ1) is 7.46. The van der Waals surface area contributed by atoms with Crippen LogP contribution in [-0.4, -0.2) is 54.1 Å². The molecule has 2 aliphatic heterocycles. The summed E-state index contributed by atoms with van der Waals surface area (Å²) in [5, 5.41) is 0. The van der Waals surface area contributed by atoms with E-state index in [-0.39, 0.29) is 5.91 Å². The number of likely N-dealkylation sites (tertiary alicyclic amines) is 2. The summed E-state index contributed by atoms with van der Waals surface area (Å²) in [6.07, 6.45) is 1.76. The number of halogens is 1. The first-order valence-electron chi connectivity index (χ1n) is 6.13. The molecular weight excluding hydrogens is 207 g/mol. The second-order valence-corrected chi connectivity index (χ2v) is 5.52. The fourth-order valence-electron chi connectivity index (χ4n) is 2.58. The monoisotopic (exact) mass is 228 g/mol. The molecule has 0 aromatic carbocycles. The topological polar surface area (TPSA) is 23.6 Å². The van der Waals surface area contributed by atoms with Gasteiger partial charge in [-0.15, -0.1) is 0 Å². The van der Waals surface area contributed by atoms with E-state index >= 15 is 0 Å². The second kappa shape index (κ2) is 4.32. The van der Waals surface area contributed by atoms with E-state index in [1.807, 2.05) is 4.90 Å². The maximum atomic E-state index is 13.6. The van der Waals surface area contributed by atoms with Crippen LogP contribution >= 0.6 is 0 Å². The molecule has 1 amide bonds. The van der Waals surface area contributed by atoms with Gasteiger partial charge in [-0.2, -0.15) is 0 Å². The molecule has 1 unspecified atom stereocenters. The molecule has 92 valence electrons. The molecule has 0 radical (unpaired) electrons. The Morgan fingerprint density at radius 3 is 2.69 bits per heavy atom. The zero-order chi connectivity index (χ0) is 11.8. The van der Waals surface area contributed by atoms with Gasteiger partial charge in [0.15, 0.2) is 0 Å². The number of amides is 1. The van der Waals surface area contributed by atoms with E-state index in [2.05, 4.69) is 4.90 Å². The molecule has 0 aromatic rings. The van der Waals surface area contributed by atoms with E-state index in [1.165, 1.54) is 0 Å². The maximum absolute atomic E-state index is 13.6. The zero-order valence-corrected chi connectivity index (χ0v) is 10.2. The van der Waals surface area contributed by atoms with E-state index in [9.17, 15) is 9.18 Å². The number of hydrogen-bond donors (Lipinski definition) is 0. The average Bonchev–Trinajstić information content (AvgIpc) is 2.42. The molecular formula is C12H21FN2O. The molecule has 4 heteroatoms. The maximum Gasteiger partial charge on any atom is 0.219 e.